The van der Waals surface area contributed by atoms with Crippen molar-refractivity contribution in [1.29, 1.82) is 0 Å². The lowest BCUT2D eigenvalue weighted by atomic mass is 9.55. The number of rotatable bonds is 5. The molecule has 0 amide bonds. The first kappa shape index (κ1) is 33.5. The number of hydrogen-bond donors (Lipinski definition) is 0. The first-order valence-electron chi connectivity index (χ1n) is 17.3. The zero-order valence-corrected chi connectivity index (χ0v) is 30.0. The van der Waals surface area contributed by atoms with Gasteiger partial charge in [0.05, 0.1) is 5.69 Å². The lowest BCUT2D eigenvalue weighted by Gasteiger charge is -2.49. The summed E-state index contributed by atoms with van der Waals surface area (Å²) in [6.07, 6.45) is 16.6. The molecule has 2 aromatic rings. The van der Waals surface area contributed by atoms with E-state index < -0.39 is 0 Å². The highest BCUT2D eigenvalue weighted by atomic mass is 14.7. The monoisotopic (exact) mass is 579 g/mol. The third kappa shape index (κ3) is 6.12. The SMILES string of the molecule is CC.CC=CC(C)(CC)C1CC2=C(C=C1c1cc(-c3ccc4c(c3)C(C)(C)CCC4(C)C)ccn1)C(C)(C)CCC2(C)C. The third-order valence-corrected chi connectivity index (χ3v) is 11.7. The van der Waals surface area contributed by atoms with Crippen LogP contribution in [0.2, 0.25) is 0 Å². The average Bonchev–Trinajstić information content (AvgIpc) is 2.98. The molecule has 0 N–H and O–H groups in total. The van der Waals surface area contributed by atoms with E-state index in [2.05, 4.69) is 131 Å². The molecule has 1 nitrogen and oxygen atoms in total. The minimum Gasteiger partial charge on any atom is -0.257 e. The van der Waals surface area contributed by atoms with Gasteiger partial charge in [-0.1, -0.05) is 125 Å². The Hall–Kier alpha value is -2.41. The van der Waals surface area contributed by atoms with Gasteiger partial charge in [0.1, 0.15) is 0 Å². The van der Waals surface area contributed by atoms with Crippen molar-refractivity contribution in [3.05, 3.63) is 82.7 Å². The Labute approximate surface area is 265 Å². The maximum atomic E-state index is 5.09. The van der Waals surface area contributed by atoms with Gasteiger partial charge in [-0.15, -0.1) is 0 Å². The molecule has 0 spiro atoms. The molecule has 5 rings (SSSR count). The molecule has 0 saturated carbocycles. The van der Waals surface area contributed by atoms with E-state index in [0.29, 0.717) is 5.92 Å². The zero-order chi connectivity index (χ0) is 32.0. The van der Waals surface area contributed by atoms with Crippen LogP contribution in [-0.4, -0.2) is 4.98 Å². The molecule has 0 fully saturated rings. The standard InChI is InChI=1S/C40H55N.C2H6/c1-12-17-40(11,13-2)31-26-34-33(38(7,8)20-21-39(34,9)10)25-29(31)35-24-28(16-22-41-35)27-14-15-30-32(23-27)37(5,6)19-18-36(30,3)4;1-2/h12,14-17,22-25,31H,13,18-21,26H2,1-11H3;1-2H3. The summed E-state index contributed by atoms with van der Waals surface area (Å²) in [6, 6.07) is 11.9. The van der Waals surface area contributed by atoms with Gasteiger partial charge >= 0.3 is 0 Å². The van der Waals surface area contributed by atoms with Gasteiger partial charge < -0.3 is 0 Å². The number of fused-ring (bicyclic) bond motifs is 1. The molecular weight excluding hydrogens is 518 g/mol. The van der Waals surface area contributed by atoms with Gasteiger partial charge in [0.2, 0.25) is 0 Å². The molecule has 2 atom stereocenters. The fraction of sp³-hybridized carbons (Fsp3) is 0.595. The molecule has 1 aromatic carbocycles. The van der Waals surface area contributed by atoms with Crippen molar-refractivity contribution in [3.8, 4) is 11.1 Å². The maximum Gasteiger partial charge on any atom is 0.0671 e. The highest BCUT2D eigenvalue weighted by molar-refractivity contribution is 5.76. The Morgan fingerprint density at radius 3 is 2.00 bits per heavy atom. The van der Waals surface area contributed by atoms with Crippen LogP contribution >= 0.6 is 0 Å². The summed E-state index contributed by atoms with van der Waals surface area (Å²) < 4.78 is 0. The highest BCUT2D eigenvalue weighted by Gasteiger charge is 2.45. The molecule has 3 aliphatic rings. The number of nitrogens with zero attached hydrogens (tertiary/aromatic N) is 1. The van der Waals surface area contributed by atoms with Crippen LogP contribution in [0, 0.1) is 22.2 Å². The van der Waals surface area contributed by atoms with E-state index in [4.69, 9.17) is 4.98 Å². The Morgan fingerprint density at radius 1 is 0.791 bits per heavy atom. The van der Waals surface area contributed by atoms with Crippen molar-refractivity contribution < 1.29 is 0 Å². The van der Waals surface area contributed by atoms with Gasteiger partial charge in [-0.2, -0.15) is 0 Å². The molecule has 0 radical (unpaired) electrons. The molecule has 1 heteroatoms. The highest BCUT2D eigenvalue weighted by Crippen LogP contribution is 2.58. The van der Waals surface area contributed by atoms with E-state index in [1.54, 1.807) is 11.1 Å². The number of benzene rings is 1. The van der Waals surface area contributed by atoms with Crippen LogP contribution < -0.4 is 0 Å². The van der Waals surface area contributed by atoms with E-state index in [9.17, 15) is 0 Å². The van der Waals surface area contributed by atoms with Gasteiger partial charge in [0.15, 0.2) is 0 Å². The molecule has 1 aromatic heterocycles. The van der Waals surface area contributed by atoms with Crippen molar-refractivity contribution >= 4 is 5.57 Å². The minimum absolute atomic E-state index is 0.0793. The normalized spacial score (nSPS) is 24.7. The summed E-state index contributed by atoms with van der Waals surface area (Å²) >= 11 is 0. The van der Waals surface area contributed by atoms with E-state index in [1.165, 1.54) is 53.5 Å². The van der Waals surface area contributed by atoms with Crippen LogP contribution in [0.3, 0.4) is 0 Å². The average molecular weight is 580 g/mol. The molecule has 0 saturated heterocycles. The van der Waals surface area contributed by atoms with Crippen LogP contribution in [0.25, 0.3) is 16.7 Å². The van der Waals surface area contributed by atoms with Crippen LogP contribution in [0.1, 0.15) is 145 Å². The first-order valence-corrected chi connectivity index (χ1v) is 17.3. The van der Waals surface area contributed by atoms with Crippen molar-refractivity contribution in [2.75, 3.05) is 0 Å². The second kappa shape index (κ2) is 11.8. The zero-order valence-electron chi connectivity index (χ0n) is 30.0. The first-order chi connectivity index (χ1) is 20.0. The molecule has 234 valence electrons. The molecule has 0 bridgehead atoms. The molecule has 0 aliphatic heterocycles. The quantitative estimate of drug-likeness (QED) is 0.321. The van der Waals surface area contributed by atoms with Crippen LogP contribution in [-0.2, 0) is 10.8 Å². The second-order valence-electron chi connectivity index (χ2n) is 16.3. The van der Waals surface area contributed by atoms with E-state index in [-0.39, 0.29) is 27.1 Å². The molecular formula is C42H61N. The van der Waals surface area contributed by atoms with Crippen molar-refractivity contribution in [2.45, 2.75) is 139 Å². The molecule has 2 unspecified atom stereocenters. The molecule has 3 aliphatic carbocycles. The third-order valence-electron chi connectivity index (χ3n) is 11.7. The van der Waals surface area contributed by atoms with Crippen LogP contribution in [0.4, 0.5) is 0 Å². The molecule has 1 heterocycles. The lowest BCUT2D eigenvalue weighted by Crippen LogP contribution is -2.37. The predicted molar refractivity (Wildman–Crippen MR) is 189 cm³/mol. The van der Waals surface area contributed by atoms with Crippen LogP contribution in [0.5, 0.6) is 0 Å². The minimum atomic E-state index is 0.0793. The van der Waals surface area contributed by atoms with Gasteiger partial charge in [0, 0.05) is 6.20 Å². The van der Waals surface area contributed by atoms with Crippen molar-refractivity contribution in [2.24, 2.45) is 22.2 Å². The van der Waals surface area contributed by atoms with Gasteiger partial charge in [0.25, 0.3) is 0 Å². The Kier molecular flexibility index (Phi) is 9.21. The van der Waals surface area contributed by atoms with Crippen molar-refractivity contribution in [1.82, 2.24) is 4.98 Å². The van der Waals surface area contributed by atoms with Gasteiger partial charge in [-0.25, -0.2) is 0 Å². The number of aromatic nitrogens is 1. The second-order valence-corrected chi connectivity index (χ2v) is 16.3. The summed E-state index contributed by atoms with van der Waals surface area (Å²) in [4.78, 5) is 5.09. The maximum absolute atomic E-state index is 5.09. The van der Waals surface area contributed by atoms with E-state index in [1.807, 2.05) is 13.8 Å². The lowest BCUT2D eigenvalue weighted by molar-refractivity contribution is 0.227. The van der Waals surface area contributed by atoms with Crippen LogP contribution in [0.15, 0.2) is 65.9 Å². The topological polar surface area (TPSA) is 12.9 Å². The summed E-state index contributed by atoms with van der Waals surface area (Å²) in [5, 5.41) is 0. The summed E-state index contributed by atoms with van der Waals surface area (Å²) in [6.45, 7) is 30.5. The molecule has 43 heavy (non-hydrogen) atoms. The summed E-state index contributed by atoms with van der Waals surface area (Å²) in [5.74, 6) is 0.404. The number of allylic oxidation sites excluding steroid dienone is 6. The Bertz CT molecular complexity index is 1420. The van der Waals surface area contributed by atoms with E-state index >= 15 is 0 Å². The van der Waals surface area contributed by atoms with Gasteiger partial charge in [-0.3, -0.25) is 4.98 Å². The fourth-order valence-corrected chi connectivity index (χ4v) is 8.16. The Balaban J connectivity index is 0.00000207. The number of hydrogen-bond acceptors (Lipinski definition) is 1. The number of pyridine rings is 1. The summed E-state index contributed by atoms with van der Waals surface area (Å²) in [7, 11) is 0. The smallest absolute Gasteiger partial charge is 0.0671 e. The van der Waals surface area contributed by atoms with Crippen molar-refractivity contribution in [3.63, 3.8) is 0 Å². The predicted octanol–water partition coefficient (Wildman–Crippen LogP) is 12.7. The van der Waals surface area contributed by atoms with E-state index in [0.717, 1.165) is 18.5 Å². The fourth-order valence-electron chi connectivity index (χ4n) is 8.16. The van der Waals surface area contributed by atoms with Gasteiger partial charge in [-0.05, 0) is 124 Å². The summed E-state index contributed by atoms with van der Waals surface area (Å²) in [5.41, 5.74) is 12.4. The Morgan fingerprint density at radius 2 is 1.37 bits per heavy atom. The largest absolute Gasteiger partial charge is 0.257 e.